The summed E-state index contributed by atoms with van der Waals surface area (Å²) >= 11 is 0. The highest BCUT2D eigenvalue weighted by Gasteiger charge is 2.26. The lowest BCUT2D eigenvalue weighted by molar-refractivity contribution is -0.107. The normalized spacial score (nSPS) is 14.6. The van der Waals surface area contributed by atoms with Crippen LogP contribution in [0.5, 0.6) is 0 Å². The van der Waals surface area contributed by atoms with Gasteiger partial charge < -0.3 is 9.22 Å². The maximum absolute atomic E-state index is 10.3. The number of hydrogen-bond donors (Lipinski definition) is 0. The minimum absolute atomic E-state index is 0.0208. The average molecular weight is 273 g/mol. The van der Waals surface area contributed by atoms with E-state index in [2.05, 4.69) is 40.4 Å². The van der Waals surface area contributed by atoms with Crippen molar-refractivity contribution in [3.05, 3.63) is 0 Å². The topological polar surface area (TPSA) is 26.3 Å². The van der Waals surface area contributed by atoms with Crippen molar-refractivity contribution in [2.45, 2.75) is 84.5 Å². The smallest absolute Gasteiger partial charge is 0.184 e. The van der Waals surface area contributed by atoms with Crippen molar-refractivity contribution in [3.8, 4) is 0 Å². The van der Waals surface area contributed by atoms with Gasteiger partial charge in [-0.3, -0.25) is 0 Å². The molecule has 0 heterocycles. The minimum atomic E-state index is -1.43. The second-order valence-corrected chi connectivity index (χ2v) is 11.5. The van der Waals surface area contributed by atoms with Crippen LogP contribution in [0.4, 0.5) is 0 Å². The van der Waals surface area contributed by atoms with Crippen LogP contribution in [0.2, 0.25) is 19.6 Å². The zero-order valence-electron chi connectivity index (χ0n) is 13.2. The average Bonchev–Trinajstić information content (AvgIpc) is 2.13. The Hall–Kier alpha value is -0.153. The molecule has 0 radical (unpaired) electrons. The van der Waals surface area contributed by atoms with Gasteiger partial charge in [0.25, 0.3) is 0 Å². The number of rotatable bonds is 10. The van der Waals surface area contributed by atoms with E-state index in [-0.39, 0.29) is 5.60 Å². The summed E-state index contributed by atoms with van der Waals surface area (Å²) in [6.07, 6.45) is 7.56. The summed E-state index contributed by atoms with van der Waals surface area (Å²) in [6.45, 7) is 13.5. The molecule has 0 aromatic carbocycles. The van der Waals surface area contributed by atoms with Crippen LogP contribution < -0.4 is 0 Å². The van der Waals surface area contributed by atoms with Crippen molar-refractivity contribution < 1.29 is 9.22 Å². The van der Waals surface area contributed by atoms with E-state index in [1.54, 1.807) is 0 Å². The molecule has 108 valence electrons. The third-order valence-corrected chi connectivity index (χ3v) is 4.24. The summed E-state index contributed by atoms with van der Waals surface area (Å²) in [5.41, 5.74) is 0.0208. The van der Waals surface area contributed by atoms with Gasteiger partial charge in [0.05, 0.1) is 5.60 Å². The van der Waals surface area contributed by atoms with Crippen LogP contribution in [0.3, 0.4) is 0 Å². The van der Waals surface area contributed by atoms with E-state index in [4.69, 9.17) is 4.43 Å². The fourth-order valence-corrected chi connectivity index (χ4v) is 4.21. The fourth-order valence-electron chi connectivity index (χ4n) is 2.45. The van der Waals surface area contributed by atoms with Gasteiger partial charge in [-0.2, -0.15) is 0 Å². The molecule has 1 atom stereocenters. The van der Waals surface area contributed by atoms with Gasteiger partial charge in [0, 0.05) is 6.42 Å². The van der Waals surface area contributed by atoms with Crippen molar-refractivity contribution in [2.24, 2.45) is 5.92 Å². The molecule has 2 nitrogen and oxygen atoms in total. The quantitative estimate of drug-likeness (QED) is 0.324. The monoisotopic (exact) mass is 272 g/mol. The number of aldehydes is 1. The number of hydrogen-bond acceptors (Lipinski definition) is 2. The van der Waals surface area contributed by atoms with Crippen LogP contribution in [-0.4, -0.2) is 20.2 Å². The number of unbranched alkanes of at least 4 members (excludes halogenated alkanes) is 1. The first-order chi connectivity index (χ1) is 8.16. The van der Waals surface area contributed by atoms with Crippen molar-refractivity contribution >= 4 is 14.6 Å². The van der Waals surface area contributed by atoms with Crippen LogP contribution in [0.1, 0.15) is 59.3 Å². The summed E-state index contributed by atoms with van der Waals surface area (Å²) in [7, 11) is -1.43. The molecule has 0 rings (SSSR count). The molecular weight excluding hydrogens is 240 g/mol. The molecular formula is C15H32O2Si. The highest BCUT2D eigenvalue weighted by molar-refractivity contribution is 6.69. The summed E-state index contributed by atoms with van der Waals surface area (Å²) in [5, 5.41) is 0. The van der Waals surface area contributed by atoms with Crippen LogP contribution in [0.15, 0.2) is 0 Å². The van der Waals surface area contributed by atoms with Gasteiger partial charge >= 0.3 is 0 Å². The van der Waals surface area contributed by atoms with Gasteiger partial charge in [0.15, 0.2) is 8.32 Å². The summed E-state index contributed by atoms with van der Waals surface area (Å²) in [4.78, 5) is 10.3. The molecule has 0 saturated heterocycles. The van der Waals surface area contributed by atoms with Crippen LogP contribution >= 0.6 is 0 Å². The predicted octanol–water partition coefficient (Wildman–Crippen LogP) is 4.79. The SMILES string of the molecule is C[C@H](CCCC=O)CCCC(C)(C)O[Si](C)(C)C. The molecule has 3 heteroatoms. The van der Waals surface area contributed by atoms with Crippen LogP contribution in [0.25, 0.3) is 0 Å². The van der Waals surface area contributed by atoms with E-state index >= 15 is 0 Å². The summed E-state index contributed by atoms with van der Waals surface area (Å²) in [5.74, 6) is 0.729. The minimum Gasteiger partial charge on any atom is -0.413 e. The van der Waals surface area contributed by atoms with E-state index < -0.39 is 8.32 Å². The first kappa shape index (κ1) is 17.8. The van der Waals surface area contributed by atoms with Crippen molar-refractivity contribution in [3.63, 3.8) is 0 Å². The Kier molecular flexibility index (Phi) is 8.04. The lowest BCUT2D eigenvalue weighted by Gasteiger charge is -2.33. The Bertz CT molecular complexity index is 231. The van der Waals surface area contributed by atoms with Crippen LogP contribution in [0, 0.1) is 5.92 Å². The molecule has 0 aromatic rings. The molecule has 0 aliphatic rings. The fraction of sp³-hybridized carbons (Fsp3) is 0.933. The molecule has 0 amide bonds. The largest absolute Gasteiger partial charge is 0.413 e. The van der Waals surface area contributed by atoms with Gasteiger partial charge in [0.1, 0.15) is 6.29 Å². The number of carbonyl (C=O) groups excluding carboxylic acids is 1. The van der Waals surface area contributed by atoms with Crippen molar-refractivity contribution in [1.29, 1.82) is 0 Å². The highest BCUT2D eigenvalue weighted by Crippen LogP contribution is 2.25. The summed E-state index contributed by atoms with van der Waals surface area (Å²) in [6, 6.07) is 0. The van der Waals surface area contributed by atoms with Gasteiger partial charge in [-0.05, 0) is 52.2 Å². The first-order valence-electron chi connectivity index (χ1n) is 7.30. The molecule has 18 heavy (non-hydrogen) atoms. The lowest BCUT2D eigenvalue weighted by atomic mass is 9.94. The lowest BCUT2D eigenvalue weighted by Crippen LogP contribution is -2.38. The molecule has 0 unspecified atom stereocenters. The van der Waals surface area contributed by atoms with Crippen molar-refractivity contribution in [1.82, 2.24) is 0 Å². The Morgan fingerprint density at radius 2 is 1.72 bits per heavy atom. The third kappa shape index (κ3) is 11.0. The molecule has 0 aliphatic heterocycles. The zero-order chi connectivity index (χ0) is 14.2. The first-order valence-corrected chi connectivity index (χ1v) is 10.7. The maximum atomic E-state index is 10.3. The van der Waals surface area contributed by atoms with E-state index in [0.717, 1.165) is 25.0 Å². The second-order valence-electron chi connectivity index (χ2n) is 7.07. The predicted molar refractivity (Wildman–Crippen MR) is 81.4 cm³/mol. The van der Waals surface area contributed by atoms with Gasteiger partial charge in [0.2, 0.25) is 0 Å². The molecule has 0 N–H and O–H groups in total. The van der Waals surface area contributed by atoms with Gasteiger partial charge in [-0.15, -0.1) is 0 Å². The maximum Gasteiger partial charge on any atom is 0.184 e. The van der Waals surface area contributed by atoms with E-state index in [1.165, 1.54) is 19.3 Å². The molecule has 0 fully saturated rings. The van der Waals surface area contributed by atoms with Gasteiger partial charge in [-0.25, -0.2) is 0 Å². The highest BCUT2D eigenvalue weighted by atomic mass is 28.4. The van der Waals surface area contributed by atoms with E-state index in [9.17, 15) is 4.79 Å². The second kappa shape index (κ2) is 8.11. The molecule has 0 saturated carbocycles. The Morgan fingerprint density at radius 3 is 2.22 bits per heavy atom. The molecule has 0 spiro atoms. The molecule has 0 aliphatic carbocycles. The number of carbonyl (C=O) groups is 1. The zero-order valence-corrected chi connectivity index (χ0v) is 14.2. The van der Waals surface area contributed by atoms with E-state index in [0.29, 0.717) is 6.42 Å². The van der Waals surface area contributed by atoms with E-state index in [1.807, 2.05) is 0 Å². The molecule has 0 bridgehead atoms. The van der Waals surface area contributed by atoms with Crippen molar-refractivity contribution in [2.75, 3.05) is 0 Å². The third-order valence-electron chi connectivity index (χ3n) is 3.08. The summed E-state index contributed by atoms with van der Waals surface area (Å²) < 4.78 is 6.20. The Labute approximate surface area is 115 Å². The Morgan fingerprint density at radius 1 is 1.17 bits per heavy atom. The standard InChI is InChI=1S/C15H32O2Si/c1-14(10-7-8-13-16)11-9-12-15(2,3)17-18(4,5)6/h13-14H,7-12H2,1-6H3/t14-/m1/s1. The van der Waals surface area contributed by atoms with Gasteiger partial charge in [-0.1, -0.05) is 26.2 Å². The van der Waals surface area contributed by atoms with Crippen LogP contribution in [-0.2, 0) is 9.22 Å². The molecule has 0 aromatic heterocycles. The Balaban J connectivity index is 3.78.